The Hall–Kier alpha value is -2.82. The Labute approximate surface area is 218 Å². The van der Waals surface area contributed by atoms with E-state index in [0.717, 1.165) is 44.2 Å². The highest BCUT2D eigenvalue weighted by Crippen LogP contribution is 2.42. The molecule has 3 aliphatic rings. The minimum atomic E-state index is -0.593. The van der Waals surface area contributed by atoms with Gasteiger partial charge in [-0.05, 0) is 56.7 Å². The molecule has 4 rings (SSSR count). The predicted octanol–water partition coefficient (Wildman–Crippen LogP) is 4.00. The van der Waals surface area contributed by atoms with Crippen molar-refractivity contribution in [3.05, 3.63) is 30.4 Å². The second kappa shape index (κ2) is 13.1. The van der Waals surface area contributed by atoms with Crippen molar-refractivity contribution in [3.8, 4) is 11.5 Å². The molecule has 10 heteroatoms. The number of ether oxygens (including phenoxy) is 6. The standard InChI is InChI=1S/C27H38N2O8/c1-4-13-36-27(31)29-21-17-23(34-15-8-10-24(30)33-3)22(32-2)16-19(21)18-28-12-7-9-20(28)26(29)37-25-11-5-6-14-35-25/h4,16-17,20,25-26H,1,5-15,18H2,2-3H3/t20-,25?,26-/m0/s1. The van der Waals surface area contributed by atoms with E-state index < -0.39 is 12.3 Å². The number of carbonyl (C=O) groups is 2. The van der Waals surface area contributed by atoms with Gasteiger partial charge in [0, 0.05) is 25.6 Å². The zero-order valence-electron chi connectivity index (χ0n) is 21.8. The van der Waals surface area contributed by atoms with Gasteiger partial charge >= 0.3 is 12.1 Å². The third kappa shape index (κ3) is 6.55. The zero-order chi connectivity index (χ0) is 26.2. The van der Waals surface area contributed by atoms with Gasteiger partial charge in [0.1, 0.15) is 6.61 Å². The number of hydrogen-bond acceptors (Lipinski definition) is 9. The van der Waals surface area contributed by atoms with Crippen LogP contribution in [0.15, 0.2) is 24.8 Å². The summed E-state index contributed by atoms with van der Waals surface area (Å²) in [5.41, 5.74) is 1.56. The smallest absolute Gasteiger partial charge is 0.416 e. The molecule has 0 N–H and O–H groups in total. The molecule has 0 aliphatic carbocycles. The van der Waals surface area contributed by atoms with Gasteiger partial charge in [-0.2, -0.15) is 0 Å². The van der Waals surface area contributed by atoms with Crippen LogP contribution in [-0.4, -0.2) is 76.1 Å². The summed E-state index contributed by atoms with van der Waals surface area (Å²) in [5.74, 6) is 0.739. The van der Waals surface area contributed by atoms with E-state index in [2.05, 4.69) is 11.5 Å². The summed E-state index contributed by atoms with van der Waals surface area (Å²) in [7, 11) is 2.95. The van der Waals surface area contributed by atoms with E-state index in [9.17, 15) is 9.59 Å². The van der Waals surface area contributed by atoms with Gasteiger partial charge in [0.25, 0.3) is 0 Å². The number of amides is 1. The van der Waals surface area contributed by atoms with Gasteiger partial charge < -0.3 is 28.4 Å². The van der Waals surface area contributed by atoms with E-state index in [1.54, 1.807) is 18.1 Å². The average Bonchev–Trinajstić information content (AvgIpc) is 3.34. The lowest BCUT2D eigenvalue weighted by Gasteiger charge is -2.38. The molecule has 10 nitrogen and oxygen atoms in total. The Bertz CT molecular complexity index is 949. The quantitative estimate of drug-likeness (QED) is 0.259. The van der Waals surface area contributed by atoms with E-state index in [-0.39, 0.29) is 37.9 Å². The van der Waals surface area contributed by atoms with Crippen LogP contribution in [0.5, 0.6) is 11.5 Å². The van der Waals surface area contributed by atoms with Crippen LogP contribution in [0, 0.1) is 0 Å². The topological polar surface area (TPSA) is 96.0 Å². The highest BCUT2D eigenvalue weighted by atomic mass is 16.7. The lowest BCUT2D eigenvalue weighted by atomic mass is 10.1. The fraction of sp³-hybridized carbons (Fsp3) is 0.630. The molecule has 0 spiro atoms. The van der Waals surface area contributed by atoms with Crippen LogP contribution in [0.4, 0.5) is 10.5 Å². The maximum absolute atomic E-state index is 13.5. The van der Waals surface area contributed by atoms with Gasteiger partial charge in [-0.25, -0.2) is 9.69 Å². The van der Waals surface area contributed by atoms with Crippen LogP contribution >= 0.6 is 0 Å². The molecular weight excluding hydrogens is 480 g/mol. The molecule has 0 bridgehead atoms. The van der Waals surface area contributed by atoms with E-state index in [0.29, 0.717) is 36.8 Å². The molecule has 3 aliphatic heterocycles. The second-order valence-corrected chi connectivity index (χ2v) is 9.40. The van der Waals surface area contributed by atoms with Gasteiger partial charge in [0.15, 0.2) is 24.0 Å². The van der Waals surface area contributed by atoms with Crippen molar-refractivity contribution < 1.29 is 38.0 Å². The third-order valence-electron chi connectivity index (χ3n) is 6.96. The fourth-order valence-corrected chi connectivity index (χ4v) is 5.14. The van der Waals surface area contributed by atoms with Gasteiger partial charge in [0.05, 0.1) is 32.6 Å². The lowest BCUT2D eigenvalue weighted by Crippen LogP contribution is -2.53. The number of rotatable bonds is 10. The second-order valence-electron chi connectivity index (χ2n) is 9.40. The van der Waals surface area contributed by atoms with E-state index in [4.69, 9.17) is 28.4 Å². The van der Waals surface area contributed by atoms with Gasteiger partial charge in [-0.3, -0.25) is 9.69 Å². The maximum atomic E-state index is 13.5. The summed E-state index contributed by atoms with van der Waals surface area (Å²) in [4.78, 5) is 29.0. The molecule has 0 aromatic heterocycles. The largest absolute Gasteiger partial charge is 0.493 e. The summed E-state index contributed by atoms with van der Waals surface area (Å²) in [6, 6.07) is 3.71. The monoisotopic (exact) mass is 518 g/mol. The van der Waals surface area contributed by atoms with Gasteiger partial charge in [0.2, 0.25) is 0 Å². The predicted molar refractivity (Wildman–Crippen MR) is 136 cm³/mol. The minimum absolute atomic E-state index is 0.00960. The first-order valence-electron chi connectivity index (χ1n) is 13.0. The van der Waals surface area contributed by atoms with Crippen molar-refractivity contribution in [2.75, 3.05) is 45.5 Å². The number of hydrogen-bond donors (Lipinski definition) is 0. The Kier molecular flexibility index (Phi) is 9.65. The van der Waals surface area contributed by atoms with Crippen molar-refractivity contribution in [3.63, 3.8) is 0 Å². The molecule has 204 valence electrons. The normalized spacial score (nSPS) is 23.4. The number of methoxy groups -OCH3 is 2. The van der Waals surface area contributed by atoms with Crippen LogP contribution in [-0.2, 0) is 30.3 Å². The number of carbonyl (C=O) groups excluding carboxylic acids is 2. The average molecular weight is 519 g/mol. The van der Waals surface area contributed by atoms with Crippen LogP contribution in [0.3, 0.4) is 0 Å². The summed E-state index contributed by atoms with van der Waals surface area (Å²) in [5, 5.41) is 0. The van der Waals surface area contributed by atoms with Crippen LogP contribution < -0.4 is 14.4 Å². The molecule has 2 saturated heterocycles. The first kappa shape index (κ1) is 27.2. The number of anilines is 1. The molecular formula is C27H38N2O8. The van der Waals surface area contributed by atoms with Gasteiger partial charge in [-0.1, -0.05) is 12.7 Å². The molecule has 0 radical (unpaired) electrons. The van der Waals surface area contributed by atoms with Crippen molar-refractivity contribution in [2.45, 2.75) is 70.1 Å². The number of benzene rings is 1. The van der Waals surface area contributed by atoms with Gasteiger partial charge in [-0.15, -0.1) is 0 Å². The number of esters is 1. The summed E-state index contributed by atoms with van der Waals surface area (Å²) >= 11 is 0. The minimum Gasteiger partial charge on any atom is -0.493 e. The van der Waals surface area contributed by atoms with Crippen molar-refractivity contribution >= 4 is 17.7 Å². The number of fused-ring (bicyclic) bond motifs is 2. The Morgan fingerprint density at radius 2 is 2.03 bits per heavy atom. The van der Waals surface area contributed by atoms with Crippen molar-refractivity contribution in [2.24, 2.45) is 0 Å². The molecule has 37 heavy (non-hydrogen) atoms. The maximum Gasteiger partial charge on any atom is 0.416 e. The molecule has 1 aromatic carbocycles. The van der Waals surface area contributed by atoms with Crippen LogP contribution in [0.1, 0.15) is 50.5 Å². The first-order valence-corrected chi connectivity index (χ1v) is 13.0. The van der Waals surface area contributed by atoms with Crippen LogP contribution in [0.25, 0.3) is 0 Å². The fourth-order valence-electron chi connectivity index (χ4n) is 5.14. The molecule has 1 amide bonds. The van der Waals surface area contributed by atoms with E-state index in [1.165, 1.54) is 7.11 Å². The summed E-state index contributed by atoms with van der Waals surface area (Å²) < 4.78 is 34.4. The Morgan fingerprint density at radius 3 is 2.76 bits per heavy atom. The molecule has 1 unspecified atom stereocenters. The zero-order valence-corrected chi connectivity index (χ0v) is 21.8. The highest BCUT2D eigenvalue weighted by Gasteiger charge is 2.44. The molecule has 3 atom stereocenters. The first-order chi connectivity index (χ1) is 18.0. The lowest BCUT2D eigenvalue weighted by molar-refractivity contribution is -0.197. The summed E-state index contributed by atoms with van der Waals surface area (Å²) in [6.45, 7) is 6.23. The van der Waals surface area contributed by atoms with Crippen LogP contribution in [0.2, 0.25) is 0 Å². The van der Waals surface area contributed by atoms with E-state index in [1.807, 2.05) is 12.1 Å². The molecule has 0 saturated carbocycles. The highest BCUT2D eigenvalue weighted by molar-refractivity contribution is 5.90. The summed E-state index contributed by atoms with van der Waals surface area (Å²) in [6.07, 6.45) is 5.49. The molecule has 3 heterocycles. The Morgan fingerprint density at radius 1 is 1.16 bits per heavy atom. The third-order valence-corrected chi connectivity index (χ3v) is 6.96. The molecule has 2 fully saturated rings. The SMILES string of the molecule is C=CCOC(=O)N1c2cc(OCCCC(=O)OC)c(OC)cc2CN2CCC[C@H]2[C@@H]1OC1CCCCO1. The number of nitrogens with zero attached hydrogens (tertiary/aromatic N) is 2. The van der Waals surface area contributed by atoms with Crippen molar-refractivity contribution in [1.82, 2.24) is 4.90 Å². The Balaban J connectivity index is 1.69. The molecule has 1 aromatic rings. The van der Waals surface area contributed by atoms with Crippen molar-refractivity contribution in [1.29, 1.82) is 0 Å². The van der Waals surface area contributed by atoms with E-state index >= 15 is 0 Å².